The molecule has 0 aromatic carbocycles. The summed E-state index contributed by atoms with van der Waals surface area (Å²) in [6.07, 6.45) is 7.20. The lowest BCUT2D eigenvalue weighted by atomic mass is 9.34. The molecule has 0 aromatic heterocycles. The molecule has 0 saturated heterocycles. The van der Waals surface area contributed by atoms with Crippen molar-refractivity contribution in [1.82, 2.24) is 0 Å². The highest BCUT2D eigenvalue weighted by Crippen LogP contribution is 2.75. The van der Waals surface area contributed by atoms with E-state index in [-0.39, 0.29) is 45.3 Å². The summed E-state index contributed by atoms with van der Waals surface area (Å²) in [6, 6.07) is 0. The summed E-state index contributed by atoms with van der Waals surface area (Å²) in [5, 5.41) is 54.9. The zero-order valence-electron chi connectivity index (χ0n) is 23.8. The SMILES string of the molecule is CC(C)(/C=C/C[C@](C)(O)[C@H]1CC[C@]2(C)[C@@H]1[C@H](O)C[C@@H]1[C@@]3(C)[C@H](O)C[C@@H](O)C(C)(C)[C@@H]3CC[C@]12C)OO. The van der Waals surface area contributed by atoms with Gasteiger partial charge in [-0.1, -0.05) is 46.8 Å². The standard InChI is InChI=1S/C30H52O6/c1-25(2,36-35)12-9-13-29(7,34)18-10-14-28(6)24(18)19(31)16-21-27(28,5)15-11-20-26(3,4)22(32)17-23(33)30(20,21)8/h9,12,18-24,31-35H,10-11,13-17H2,1-8H3/b12-9+/t18-,19+,20-,21-,22+,23+,24-,27+,28+,29-,30-/m0/s1. The molecule has 6 nitrogen and oxygen atoms in total. The molecule has 4 aliphatic carbocycles. The van der Waals surface area contributed by atoms with Crippen molar-refractivity contribution in [2.75, 3.05) is 0 Å². The maximum atomic E-state index is 11.8. The van der Waals surface area contributed by atoms with Crippen LogP contribution in [-0.4, -0.2) is 55.2 Å². The van der Waals surface area contributed by atoms with E-state index in [1.165, 1.54) is 0 Å². The molecule has 6 heteroatoms. The second-order valence-electron chi connectivity index (χ2n) is 15.1. The van der Waals surface area contributed by atoms with Crippen LogP contribution in [0.3, 0.4) is 0 Å². The molecule has 36 heavy (non-hydrogen) atoms. The van der Waals surface area contributed by atoms with E-state index in [1.807, 2.05) is 13.0 Å². The Bertz CT molecular complexity index is 866. The summed E-state index contributed by atoms with van der Waals surface area (Å²) in [5.41, 5.74) is -2.69. The van der Waals surface area contributed by atoms with Crippen LogP contribution >= 0.6 is 0 Å². The highest BCUT2D eigenvalue weighted by molar-refractivity contribution is 5.21. The first-order chi connectivity index (χ1) is 16.4. The topological polar surface area (TPSA) is 110 Å². The molecule has 0 radical (unpaired) electrons. The van der Waals surface area contributed by atoms with Crippen molar-refractivity contribution in [3.8, 4) is 0 Å². The fourth-order valence-corrected chi connectivity index (χ4v) is 10.1. The van der Waals surface area contributed by atoms with E-state index in [0.29, 0.717) is 19.3 Å². The van der Waals surface area contributed by atoms with E-state index >= 15 is 0 Å². The Labute approximate surface area is 218 Å². The van der Waals surface area contributed by atoms with Gasteiger partial charge < -0.3 is 20.4 Å². The van der Waals surface area contributed by atoms with E-state index in [2.05, 4.69) is 39.5 Å². The van der Waals surface area contributed by atoms with Crippen LogP contribution in [0.2, 0.25) is 0 Å². The lowest BCUT2D eigenvalue weighted by Gasteiger charge is -2.71. The normalized spacial score (nSPS) is 50.3. The molecule has 11 atom stereocenters. The fourth-order valence-electron chi connectivity index (χ4n) is 10.1. The number of hydrogen-bond acceptors (Lipinski definition) is 6. The maximum Gasteiger partial charge on any atom is 0.116 e. The third kappa shape index (κ3) is 3.88. The quantitative estimate of drug-likeness (QED) is 0.204. The summed E-state index contributed by atoms with van der Waals surface area (Å²) in [6.45, 7) is 16.7. The lowest BCUT2D eigenvalue weighted by molar-refractivity contribution is -0.297. The third-order valence-corrected chi connectivity index (χ3v) is 12.6. The van der Waals surface area contributed by atoms with Crippen molar-refractivity contribution in [2.24, 2.45) is 45.3 Å². The van der Waals surface area contributed by atoms with Crippen LogP contribution in [0, 0.1) is 45.3 Å². The van der Waals surface area contributed by atoms with Gasteiger partial charge in [0, 0.05) is 11.8 Å². The van der Waals surface area contributed by atoms with Crippen molar-refractivity contribution in [3.63, 3.8) is 0 Å². The number of aliphatic hydroxyl groups is 4. The minimum Gasteiger partial charge on any atom is -0.393 e. The highest BCUT2D eigenvalue weighted by atomic mass is 17.1. The molecule has 0 aromatic rings. The summed E-state index contributed by atoms with van der Waals surface area (Å²) < 4.78 is 0. The van der Waals surface area contributed by atoms with E-state index in [9.17, 15) is 20.4 Å². The first-order valence-corrected chi connectivity index (χ1v) is 14.2. The number of rotatable bonds is 5. The Morgan fingerprint density at radius 2 is 1.47 bits per heavy atom. The molecule has 0 spiro atoms. The predicted molar refractivity (Wildman–Crippen MR) is 140 cm³/mol. The van der Waals surface area contributed by atoms with Gasteiger partial charge in [0.15, 0.2) is 0 Å². The van der Waals surface area contributed by atoms with Gasteiger partial charge in [-0.05, 0) is 99.2 Å². The van der Waals surface area contributed by atoms with Gasteiger partial charge in [0.1, 0.15) is 5.60 Å². The maximum absolute atomic E-state index is 11.8. The van der Waals surface area contributed by atoms with Gasteiger partial charge in [0.05, 0.1) is 23.9 Å². The van der Waals surface area contributed by atoms with E-state index in [4.69, 9.17) is 5.26 Å². The van der Waals surface area contributed by atoms with Gasteiger partial charge in [-0.25, -0.2) is 4.89 Å². The Kier molecular flexibility index (Phi) is 6.93. The van der Waals surface area contributed by atoms with Crippen molar-refractivity contribution < 1.29 is 30.6 Å². The number of hydrogen-bond donors (Lipinski definition) is 5. The minimum atomic E-state index is -0.994. The molecule has 208 valence electrons. The second kappa shape index (κ2) is 8.76. The Morgan fingerprint density at radius 3 is 2.08 bits per heavy atom. The van der Waals surface area contributed by atoms with Crippen molar-refractivity contribution in [1.29, 1.82) is 0 Å². The fraction of sp³-hybridized carbons (Fsp3) is 0.933. The highest BCUT2D eigenvalue weighted by Gasteiger charge is 2.72. The molecule has 4 saturated carbocycles. The smallest absolute Gasteiger partial charge is 0.116 e. The van der Waals surface area contributed by atoms with Crippen molar-refractivity contribution in [2.45, 2.75) is 130 Å². The van der Waals surface area contributed by atoms with Crippen LogP contribution in [0.5, 0.6) is 0 Å². The average Bonchev–Trinajstić information content (AvgIpc) is 3.15. The summed E-state index contributed by atoms with van der Waals surface area (Å²) in [5.74, 6) is 0.270. The average molecular weight is 509 g/mol. The third-order valence-electron chi connectivity index (χ3n) is 12.6. The first kappa shape index (κ1) is 28.5. The van der Waals surface area contributed by atoms with Crippen LogP contribution in [0.1, 0.15) is 100 Å². The number of aliphatic hydroxyl groups excluding tert-OH is 3. The lowest BCUT2D eigenvalue weighted by Crippen LogP contribution is -2.69. The zero-order valence-corrected chi connectivity index (χ0v) is 23.8. The van der Waals surface area contributed by atoms with Gasteiger partial charge in [-0.15, -0.1) is 0 Å². The first-order valence-electron chi connectivity index (χ1n) is 14.2. The Hall–Kier alpha value is -0.500. The molecular formula is C30H52O6. The summed E-state index contributed by atoms with van der Waals surface area (Å²) in [4.78, 5) is 4.51. The van der Waals surface area contributed by atoms with E-state index in [0.717, 1.165) is 25.7 Å². The van der Waals surface area contributed by atoms with Gasteiger partial charge in [-0.3, -0.25) is 5.26 Å². The van der Waals surface area contributed by atoms with Crippen molar-refractivity contribution in [3.05, 3.63) is 12.2 Å². The van der Waals surface area contributed by atoms with Crippen LogP contribution in [0.15, 0.2) is 12.2 Å². The monoisotopic (exact) mass is 508 g/mol. The second-order valence-corrected chi connectivity index (χ2v) is 15.1. The van der Waals surface area contributed by atoms with Gasteiger partial charge >= 0.3 is 0 Å². The van der Waals surface area contributed by atoms with Gasteiger partial charge in [0.25, 0.3) is 0 Å². The molecule has 4 fully saturated rings. The van der Waals surface area contributed by atoms with Crippen molar-refractivity contribution >= 4 is 0 Å². The molecular weight excluding hydrogens is 456 g/mol. The van der Waals surface area contributed by atoms with Crippen LogP contribution in [0.25, 0.3) is 0 Å². The minimum absolute atomic E-state index is 0.0243. The van der Waals surface area contributed by atoms with Gasteiger partial charge in [-0.2, -0.15) is 0 Å². The molecule has 0 bridgehead atoms. The van der Waals surface area contributed by atoms with Crippen LogP contribution in [-0.2, 0) is 4.89 Å². The molecule has 4 rings (SSSR count). The Morgan fingerprint density at radius 1 is 0.861 bits per heavy atom. The summed E-state index contributed by atoms with van der Waals surface area (Å²) in [7, 11) is 0. The van der Waals surface area contributed by atoms with E-state index in [1.54, 1.807) is 19.9 Å². The van der Waals surface area contributed by atoms with Crippen LogP contribution in [0.4, 0.5) is 0 Å². The zero-order chi connectivity index (χ0) is 27.1. The molecule has 0 unspecified atom stereocenters. The molecule has 0 amide bonds. The Balaban J connectivity index is 1.67. The van der Waals surface area contributed by atoms with Crippen LogP contribution < -0.4 is 0 Å². The molecule has 4 aliphatic rings. The number of fused-ring (bicyclic) bond motifs is 5. The molecule has 0 aliphatic heterocycles. The predicted octanol–water partition coefficient (Wildman–Crippen LogP) is 4.94. The summed E-state index contributed by atoms with van der Waals surface area (Å²) >= 11 is 0. The molecule has 0 heterocycles. The largest absolute Gasteiger partial charge is 0.393 e. The van der Waals surface area contributed by atoms with Gasteiger partial charge in [0.2, 0.25) is 0 Å². The molecule has 5 N–H and O–H groups in total. The van der Waals surface area contributed by atoms with E-state index < -0.39 is 29.5 Å².